The standard InChI is InChI=1S/C13H24N2O/c1-2-12(10-6-4-3-5-7-10)15-13(16)14-11-8-9-11/h10-12H,2-9H2,1H3,(H2,14,15,16). The quantitative estimate of drug-likeness (QED) is 0.757. The van der Waals surface area contributed by atoms with Crippen molar-refractivity contribution in [1.82, 2.24) is 10.6 Å². The Morgan fingerprint density at radius 2 is 1.88 bits per heavy atom. The third kappa shape index (κ3) is 3.39. The van der Waals surface area contributed by atoms with Gasteiger partial charge in [0, 0.05) is 12.1 Å². The summed E-state index contributed by atoms with van der Waals surface area (Å²) in [5, 5.41) is 6.17. The van der Waals surface area contributed by atoms with Crippen LogP contribution in [0, 0.1) is 5.92 Å². The molecule has 2 fully saturated rings. The monoisotopic (exact) mass is 224 g/mol. The van der Waals surface area contributed by atoms with Gasteiger partial charge in [-0.2, -0.15) is 0 Å². The first-order chi connectivity index (χ1) is 7.79. The number of urea groups is 1. The minimum Gasteiger partial charge on any atom is -0.335 e. The predicted octanol–water partition coefficient (Wildman–Crippen LogP) is 2.81. The zero-order valence-corrected chi connectivity index (χ0v) is 10.3. The molecule has 2 aliphatic rings. The van der Waals surface area contributed by atoms with Crippen molar-refractivity contribution < 1.29 is 4.79 Å². The van der Waals surface area contributed by atoms with Crippen molar-refractivity contribution in [3.8, 4) is 0 Å². The number of amides is 2. The molecule has 0 aliphatic heterocycles. The minimum absolute atomic E-state index is 0.0555. The second kappa shape index (κ2) is 5.55. The molecular weight excluding hydrogens is 200 g/mol. The van der Waals surface area contributed by atoms with E-state index in [0.717, 1.165) is 19.3 Å². The Bertz CT molecular complexity index is 232. The lowest BCUT2D eigenvalue weighted by molar-refractivity contribution is 0.219. The van der Waals surface area contributed by atoms with Crippen molar-refractivity contribution in [2.45, 2.75) is 70.4 Å². The highest BCUT2D eigenvalue weighted by Crippen LogP contribution is 2.27. The van der Waals surface area contributed by atoms with Gasteiger partial charge < -0.3 is 10.6 Å². The van der Waals surface area contributed by atoms with Crippen LogP contribution in [0.15, 0.2) is 0 Å². The van der Waals surface area contributed by atoms with Crippen LogP contribution in [-0.2, 0) is 0 Å². The maximum absolute atomic E-state index is 11.7. The van der Waals surface area contributed by atoms with Crippen LogP contribution in [0.1, 0.15) is 58.3 Å². The van der Waals surface area contributed by atoms with Crippen LogP contribution < -0.4 is 10.6 Å². The van der Waals surface area contributed by atoms with Gasteiger partial charge in [0.15, 0.2) is 0 Å². The van der Waals surface area contributed by atoms with Crippen molar-refractivity contribution in [2.24, 2.45) is 5.92 Å². The molecule has 3 nitrogen and oxygen atoms in total. The number of hydrogen-bond acceptors (Lipinski definition) is 1. The molecule has 0 heterocycles. The molecule has 2 N–H and O–H groups in total. The molecule has 0 radical (unpaired) electrons. The van der Waals surface area contributed by atoms with Gasteiger partial charge in [0.2, 0.25) is 0 Å². The summed E-state index contributed by atoms with van der Waals surface area (Å²) in [5.74, 6) is 0.712. The van der Waals surface area contributed by atoms with Crippen molar-refractivity contribution in [1.29, 1.82) is 0 Å². The van der Waals surface area contributed by atoms with Crippen LogP contribution in [0.4, 0.5) is 4.79 Å². The molecule has 2 rings (SSSR count). The summed E-state index contributed by atoms with van der Waals surface area (Å²) in [6.07, 6.45) is 10.0. The van der Waals surface area contributed by atoms with Crippen molar-refractivity contribution in [2.75, 3.05) is 0 Å². The normalized spacial score (nSPS) is 23.8. The maximum Gasteiger partial charge on any atom is 0.315 e. The molecule has 2 amide bonds. The van der Waals surface area contributed by atoms with Gasteiger partial charge in [-0.05, 0) is 38.0 Å². The Balaban J connectivity index is 1.76. The molecule has 1 unspecified atom stereocenters. The van der Waals surface area contributed by atoms with E-state index in [1.54, 1.807) is 0 Å². The molecule has 0 aromatic heterocycles. The fourth-order valence-electron chi connectivity index (χ4n) is 2.71. The van der Waals surface area contributed by atoms with Gasteiger partial charge >= 0.3 is 6.03 Å². The molecule has 0 saturated heterocycles. The van der Waals surface area contributed by atoms with Crippen molar-refractivity contribution in [3.63, 3.8) is 0 Å². The molecule has 2 aliphatic carbocycles. The lowest BCUT2D eigenvalue weighted by Crippen LogP contribution is -2.46. The van der Waals surface area contributed by atoms with E-state index in [9.17, 15) is 4.79 Å². The van der Waals surface area contributed by atoms with E-state index in [4.69, 9.17) is 0 Å². The van der Waals surface area contributed by atoms with Crippen LogP contribution in [0.25, 0.3) is 0 Å². The molecule has 0 spiro atoms. The summed E-state index contributed by atoms with van der Waals surface area (Å²) in [7, 11) is 0. The summed E-state index contributed by atoms with van der Waals surface area (Å²) < 4.78 is 0. The lowest BCUT2D eigenvalue weighted by atomic mass is 9.83. The summed E-state index contributed by atoms with van der Waals surface area (Å²) in [6.45, 7) is 2.18. The third-order valence-corrected chi connectivity index (χ3v) is 3.89. The van der Waals surface area contributed by atoms with E-state index in [0.29, 0.717) is 18.0 Å². The Morgan fingerprint density at radius 3 is 2.44 bits per heavy atom. The lowest BCUT2D eigenvalue weighted by Gasteiger charge is -2.30. The zero-order valence-electron chi connectivity index (χ0n) is 10.3. The van der Waals surface area contributed by atoms with Gasteiger partial charge in [-0.1, -0.05) is 26.2 Å². The van der Waals surface area contributed by atoms with E-state index in [1.807, 2.05) is 0 Å². The van der Waals surface area contributed by atoms with Gasteiger partial charge in [-0.25, -0.2) is 4.79 Å². The highest BCUT2D eigenvalue weighted by atomic mass is 16.2. The first kappa shape index (κ1) is 11.7. The molecule has 92 valence electrons. The van der Waals surface area contributed by atoms with Crippen LogP contribution in [-0.4, -0.2) is 18.1 Å². The van der Waals surface area contributed by atoms with E-state index >= 15 is 0 Å². The number of rotatable bonds is 4. The van der Waals surface area contributed by atoms with E-state index in [-0.39, 0.29) is 6.03 Å². The van der Waals surface area contributed by atoms with Gasteiger partial charge in [-0.15, -0.1) is 0 Å². The summed E-state index contributed by atoms with van der Waals surface area (Å²) in [4.78, 5) is 11.7. The molecule has 0 aromatic rings. The number of carbonyl (C=O) groups is 1. The molecular formula is C13H24N2O. The smallest absolute Gasteiger partial charge is 0.315 e. The second-order valence-electron chi connectivity index (χ2n) is 5.30. The van der Waals surface area contributed by atoms with E-state index < -0.39 is 0 Å². The third-order valence-electron chi connectivity index (χ3n) is 3.89. The molecule has 3 heteroatoms. The van der Waals surface area contributed by atoms with Gasteiger partial charge in [0.25, 0.3) is 0 Å². The average molecular weight is 224 g/mol. The summed E-state index contributed by atoms with van der Waals surface area (Å²) >= 11 is 0. The van der Waals surface area contributed by atoms with Gasteiger partial charge in [0.1, 0.15) is 0 Å². The zero-order chi connectivity index (χ0) is 11.4. The summed E-state index contributed by atoms with van der Waals surface area (Å²) in [5.41, 5.74) is 0. The highest BCUT2D eigenvalue weighted by molar-refractivity contribution is 5.74. The fourth-order valence-corrected chi connectivity index (χ4v) is 2.71. The Labute approximate surface area is 98.4 Å². The second-order valence-corrected chi connectivity index (χ2v) is 5.30. The predicted molar refractivity (Wildman–Crippen MR) is 65.3 cm³/mol. The SMILES string of the molecule is CCC(NC(=O)NC1CC1)C1CCCCC1. The Kier molecular flexibility index (Phi) is 4.08. The number of hydrogen-bond donors (Lipinski definition) is 2. The van der Waals surface area contributed by atoms with Crippen LogP contribution in [0.5, 0.6) is 0 Å². The fraction of sp³-hybridized carbons (Fsp3) is 0.923. The molecule has 1 atom stereocenters. The molecule has 2 saturated carbocycles. The van der Waals surface area contributed by atoms with E-state index in [2.05, 4.69) is 17.6 Å². The summed E-state index contributed by atoms with van der Waals surface area (Å²) in [6, 6.07) is 0.905. The largest absolute Gasteiger partial charge is 0.335 e. The number of carbonyl (C=O) groups excluding carboxylic acids is 1. The molecule has 0 aromatic carbocycles. The first-order valence-electron chi connectivity index (χ1n) is 6.86. The topological polar surface area (TPSA) is 41.1 Å². The van der Waals surface area contributed by atoms with Crippen LogP contribution in [0.3, 0.4) is 0 Å². The minimum atomic E-state index is 0.0555. The first-order valence-corrected chi connectivity index (χ1v) is 6.86. The van der Waals surface area contributed by atoms with Crippen LogP contribution >= 0.6 is 0 Å². The molecule has 16 heavy (non-hydrogen) atoms. The van der Waals surface area contributed by atoms with Gasteiger partial charge in [-0.3, -0.25) is 0 Å². The Hall–Kier alpha value is -0.730. The molecule has 0 bridgehead atoms. The maximum atomic E-state index is 11.7. The van der Waals surface area contributed by atoms with Gasteiger partial charge in [0.05, 0.1) is 0 Å². The number of nitrogens with one attached hydrogen (secondary N) is 2. The highest BCUT2D eigenvalue weighted by Gasteiger charge is 2.27. The van der Waals surface area contributed by atoms with Crippen molar-refractivity contribution in [3.05, 3.63) is 0 Å². The van der Waals surface area contributed by atoms with Crippen molar-refractivity contribution >= 4 is 6.03 Å². The Morgan fingerprint density at radius 1 is 1.19 bits per heavy atom. The van der Waals surface area contributed by atoms with Crippen LogP contribution in [0.2, 0.25) is 0 Å². The average Bonchev–Trinajstić information content (AvgIpc) is 3.11. The van der Waals surface area contributed by atoms with E-state index in [1.165, 1.54) is 32.1 Å².